The van der Waals surface area contributed by atoms with Crippen LogP contribution in [0.4, 0.5) is 37.1 Å². The third-order valence-corrected chi connectivity index (χ3v) is 4.92. The summed E-state index contributed by atoms with van der Waals surface area (Å²) < 4.78 is 85.6. The van der Waals surface area contributed by atoms with Crippen molar-refractivity contribution < 1.29 is 40.7 Å². The Hall–Kier alpha value is -4.68. The topological polar surface area (TPSA) is 135 Å². The minimum Gasteiger partial charge on any atom is -0.444 e. The van der Waals surface area contributed by atoms with Crippen molar-refractivity contribution in [1.82, 2.24) is 25.1 Å². The summed E-state index contributed by atoms with van der Waals surface area (Å²) in [5.74, 6) is -1.62. The molecule has 1 unspecified atom stereocenters. The normalized spacial score (nSPS) is 12.8. The van der Waals surface area contributed by atoms with E-state index in [0.29, 0.717) is 12.1 Å². The van der Waals surface area contributed by atoms with Crippen LogP contribution in [0.2, 0.25) is 0 Å². The molecule has 16 heteroatoms. The molecule has 0 spiro atoms. The second-order valence-corrected chi connectivity index (χ2v) is 9.34. The van der Waals surface area contributed by atoms with Gasteiger partial charge in [-0.15, -0.1) is 5.10 Å². The minimum atomic E-state index is -5.15. The molecule has 40 heavy (non-hydrogen) atoms. The zero-order valence-corrected chi connectivity index (χ0v) is 21.3. The molecule has 2 aromatic heterocycles. The number of nitrogens with zero attached hydrogens (tertiary/aromatic N) is 5. The number of pyridine rings is 1. The fraction of sp³-hybridized carbons (Fsp3) is 0.333. The van der Waals surface area contributed by atoms with Crippen LogP contribution in [-0.2, 0) is 17.1 Å². The van der Waals surface area contributed by atoms with E-state index in [1.807, 2.05) is 6.07 Å². The highest BCUT2D eigenvalue weighted by Crippen LogP contribution is 2.36. The third kappa shape index (κ3) is 7.46. The van der Waals surface area contributed by atoms with Gasteiger partial charge in [-0.2, -0.15) is 41.3 Å². The largest absolute Gasteiger partial charge is 0.444 e. The molecule has 212 valence electrons. The number of carbonyl (C=O) groups excluding carboxylic acids is 2. The number of nitrogens with one attached hydrogen (secondary N) is 2. The van der Waals surface area contributed by atoms with Crippen molar-refractivity contribution in [3.05, 3.63) is 64.6 Å². The van der Waals surface area contributed by atoms with Crippen molar-refractivity contribution in [2.45, 2.75) is 51.7 Å². The third-order valence-electron chi connectivity index (χ3n) is 4.92. The first-order valence-corrected chi connectivity index (χ1v) is 11.3. The highest BCUT2D eigenvalue weighted by atomic mass is 19.4. The molecule has 2 N–H and O–H groups in total. The van der Waals surface area contributed by atoms with Gasteiger partial charge in [-0.1, -0.05) is 0 Å². The maximum absolute atomic E-state index is 13.2. The number of ether oxygens (including phenoxy) is 1. The lowest BCUT2D eigenvalue weighted by Crippen LogP contribution is -2.29. The van der Waals surface area contributed by atoms with Gasteiger partial charge in [-0.25, -0.2) is 9.78 Å². The molecule has 1 atom stereocenters. The van der Waals surface area contributed by atoms with Crippen LogP contribution in [0, 0.1) is 11.3 Å². The van der Waals surface area contributed by atoms with E-state index in [0.717, 1.165) is 4.68 Å². The minimum absolute atomic E-state index is 0.0678. The van der Waals surface area contributed by atoms with Gasteiger partial charge in [0.05, 0.1) is 22.7 Å². The molecule has 0 radical (unpaired) electrons. The van der Waals surface area contributed by atoms with E-state index in [2.05, 4.69) is 25.7 Å². The monoisotopic (exact) mass is 569 g/mol. The summed E-state index contributed by atoms with van der Waals surface area (Å²) in [6, 6.07) is 3.93. The standard InChI is InChI=1S/C24H21F6N7O3/c1-12(33-19(38)14-7-15(23(25,26)27)9-16(8-14)24(28,29)30)18-34-20(35-21(39)40-22(2,3)4)36-37(18)17-6-5-13(10-31)11-32-17/h5-9,11-12H,1-4H3,(H,33,38)(H,35,36,39). The molecule has 2 amide bonds. The summed E-state index contributed by atoms with van der Waals surface area (Å²) in [6.07, 6.45) is -10.0. The van der Waals surface area contributed by atoms with E-state index in [1.54, 1.807) is 20.8 Å². The van der Waals surface area contributed by atoms with E-state index < -0.39 is 52.7 Å². The van der Waals surface area contributed by atoms with Gasteiger partial charge in [-0.05, 0) is 58.0 Å². The lowest BCUT2D eigenvalue weighted by Gasteiger charge is -2.18. The summed E-state index contributed by atoms with van der Waals surface area (Å²) in [6.45, 7) is 6.17. The van der Waals surface area contributed by atoms with Crippen molar-refractivity contribution in [2.24, 2.45) is 0 Å². The lowest BCUT2D eigenvalue weighted by atomic mass is 10.0. The molecule has 3 aromatic rings. The average Bonchev–Trinajstić information content (AvgIpc) is 3.25. The summed E-state index contributed by atoms with van der Waals surface area (Å²) in [7, 11) is 0. The number of alkyl halides is 6. The zero-order chi connectivity index (χ0) is 30.0. The van der Waals surface area contributed by atoms with Gasteiger partial charge >= 0.3 is 18.4 Å². The molecule has 0 aliphatic carbocycles. The van der Waals surface area contributed by atoms with Crippen molar-refractivity contribution in [3.63, 3.8) is 0 Å². The number of halogens is 6. The SMILES string of the molecule is CC(NC(=O)c1cc(C(F)(F)F)cc(C(F)(F)F)c1)c1nc(NC(=O)OC(C)(C)C)nn1-c1ccc(C#N)cn1. The van der Waals surface area contributed by atoms with Gasteiger partial charge < -0.3 is 10.1 Å². The van der Waals surface area contributed by atoms with Crippen molar-refractivity contribution in [3.8, 4) is 11.9 Å². The first-order valence-electron chi connectivity index (χ1n) is 11.3. The molecule has 0 saturated carbocycles. The zero-order valence-electron chi connectivity index (χ0n) is 21.3. The van der Waals surface area contributed by atoms with Gasteiger partial charge in [0.2, 0.25) is 0 Å². The molecule has 0 fully saturated rings. The number of hydrogen-bond donors (Lipinski definition) is 2. The Morgan fingerprint density at radius 1 is 1.02 bits per heavy atom. The molecule has 0 aliphatic rings. The summed E-state index contributed by atoms with van der Waals surface area (Å²) in [5, 5.41) is 17.7. The molecule has 0 aliphatic heterocycles. The smallest absolute Gasteiger partial charge is 0.416 e. The van der Waals surface area contributed by atoms with Gasteiger partial charge in [-0.3, -0.25) is 10.1 Å². The van der Waals surface area contributed by atoms with Crippen LogP contribution >= 0.6 is 0 Å². The van der Waals surface area contributed by atoms with Crippen molar-refractivity contribution in [1.29, 1.82) is 5.26 Å². The predicted octanol–water partition coefficient (Wildman–Crippen LogP) is 5.41. The van der Waals surface area contributed by atoms with Crippen LogP contribution < -0.4 is 10.6 Å². The van der Waals surface area contributed by atoms with Gasteiger partial charge in [0, 0.05) is 11.8 Å². The van der Waals surface area contributed by atoms with E-state index in [-0.39, 0.29) is 29.2 Å². The second kappa shape index (κ2) is 10.8. The summed E-state index contributed by atoms with van der Waals surface area (Å²) in [5.41, 5.74) is -4.89. The fourth-order valence-electron chi connectivity index (χ4n) is 3.23. The first kappa shape index (κ1) is 29.9. The number of carbonyl (C=O) groups is 2. The summed E-state index contributed by atoms with van der Waals surface area (Å²) in [4.78, 5) is 33.2. The van der Waals surface area contributed by atoms with Gasteiger partial charge in [0.25, 0.3) is 11.9 Å². The van der Waals surface area contributed by atoms with Crippen LogP contribution in [0.5, 0.6) is 0 Å². The van der Waals surface area contributed by atoms with E-state index in [9.17, 15) is 35.9 Å². The molecule has 0 saturated heterocycles. The Bertz CT molecular complexity index is 1420. The number of anilines is 1. The molecular formula is C24H21F6N7O3. The van der Waals surface area contributed by atoms with Crippen LogP contribution in [-0.4, -0.2) is 37.3 Å². The molecule has 0 bridgehead atoms. The molecule has 3 rings (SSSR count). The van der Waals surface area contributed by atoms with Crippen LogP contribution in [0.1, 0.15) is 66.6 Å². The van der Waals surface area contributed by atoms with Gasteiger partial charge in [0.15, 0.2) is 11.6 Å². The number of rotatable bonds is 5. The summed E-state index contributed by atoms with van der Waals surface area (Å²) >= 11 is 0. The first-order chi connectivity index (χ1) is 18.4. The Kier molecular flexibility index (Phi) is 8.09. The van der Waals surface area contributed by atoms with Crippen molar-refractivity contribution in [2.75, 3.05) is 5.32 Å². The number of hydrogen-bond acceptors (Lipinski definition) is 7. The number of nitriles is 1. The van der Waals surface area contributed by atoms with E-state index in [4.69, 9.17) is 10.00 Å². The van der Waals surface area contributed by atoms with Crippen molar-refractivity contribution >= 4 is 17.9 Å². The second-order valence-electron chi connectivity index (χ2n) is 9.34. The number of aromatic nitrogens is 4. The maximum atomic E-state index is 13.2. The average molecular weight is 569 g/mol. The maximum Gasteiger partial charge on any atom is 0.416 e. The lowest BCUT2D eigenvalue weighted by molar-refractivity contribution is -0.143. The fourth-order valence-corrected chi connectivity index (χ4v) is 3.23. The van der Waals surface area contributed by atoms with E-state index in [1.165, 1.54) is 25.3 Å². The highest BCUT2D eigenvalue weighted by molar-refractivity contribution is 5.95. The Morgan fingerprint density at radius 3 is 2.10 bits per heavy atom. The molecule has 10 nitrogen and oxygen atoms in total. The molecule has 2 heterocycles. The highest BCUT2D eigenvalue weighted by Gasteiger charge is 2.37. The number of amides is 2. The quantitative estimate of drug-likeness (QED) is 0.393. The molecule has 1 aromatic carbocycles. The Morgan fingerprint density at radius 2 is 1.62 bits per heavy atom. The Labute approximate surface area is 223 Å². The van der Waals surface area contributed by atoms with E-state index >= 15 is 0 Å². The molecular weight excluding hydrogens is 548 g/mol. The van der Waals surface area contributed by atoms with Crippen LogP contribution in [0.15, 0.2) is 36.5 Å². The number of benzene rings is 1. The Balaban J connectivity index is 1.99. The van der Waals surface area contributed by atoms with Crippen LogP contribution in [0.3, 0.4) is 0 Å². The van der Waals surface area contributed by atoms with Gasteiger partial charge in [0.1, 0.15) is 11.7 Å². The van der Waals surface area contributed by atoms with Crippen LogP contribution in [0.25, 0.3) is 5.82 Å². The predicted molar refractivity (Wildman–Crippen MR) is 126 cm³/mol.